The van der Waals surface area contributed by atoms with Crippen molar-refractivity contribution in [3.63, 3.8) is 0 Å². The van der Waals surface area contributed by atoms with Crippen LogP contribution in [0, 0.1) is 0 Å². The molecule has 5 nitrogen and oxygen atoms in total. The molecule has 0 aliphatic carbocycles. The maximum absolute atomic E-state index is 11.3. The molecule has 2 heterocycles. The Bertz CT molecular complexity index is 1030. The van der Waals surface area contributed by atoms with Gasteiger partial charge in [-0.3, -0.25) is 4.79 Å². The number of aromatic amines is 1. The van der Waals surface area contributed by atoms with Crippen LogP contribution >= 0.6 is 0 Å². The first-order valence-electron chi connectivity index (χ1n) is 8.11. The zero-order valence-corrected chi connectivity index (χ0v) is 13.6. The van der Waals surface area contributed by atoms with Gasteiger partial charge in [-0.05, 0) is 34.7 Å². The van der Waals surface area contributed by atoms with Gasteiger partial charge >= 0.3 is 0 Å². The van der Waals surface area contributed by atoms with Gasteiger partial charge in [0.1, 0.15) is 12.4 Å². The fourth-order valence-corrected chi connectivity index (χ4v) is 2.91. The lowest BCUT2D eigenvalue weighted by atomic mass is 9.99. The van der Waals surface area contributed by atoms with Crippen molar-refractivity contribution in [3.05, 3.63) is 83.8 Å². The van der Waals surface area contributed by atoms with E-state index in [2.05, 4.69) is 22.1 Å². The molecule has 0 saturated carbocycles. The number of benzene rings is 2. The topological polar surface area (TPSA) is 59.9 Å². The molecule has 0 aliphatic rings. The number of imidazole rings is 1. The third-order valence-corrected chi connectivity index (χ3v) is 4.15. The number of nitrogens with zero attached hydrogens (tertiary/aromatic N) is 2. The molecular weight excluding hydrogens is 314 g/mol. The lowest BCUT2D eigenvalue weighted by Gasteiger charge is -2.13. The lowest BCUT2D eigenvalue weighted by Crippen LogP contribution is -2.06. The van der Waals surface area contributed by atoms with E-state index < -0.39 is 0 Å². The molecule has 4 aromatic rings. The normalized spacial score (nSPS) is 10.9. The predicted molar refractivity (Wildman–Crippen MR) is 97.7 cm³/mol. The van der Waals surface area contributed by atoms with Crippen LogP contribution in [0.2, 0.25) is 0 Å². The molecule has 0 spiro atoms. The number of hydrogen-bond acceptors (Lipinski definition) is 3. The molecule has 124 valence electrons. The molecule has 0 amide bonds. The van der Waals surface area contributed by atoms with Crippen LogP contribution in [0.25, 0.3) is 21.9 Å². The van der Waals surface area contributed by atoms with Crippen LogP contribution in [0.1, 0.15) is 0 Å². The predicted octanol–water partition coefficient (Wildman–Crippen LogP) is 3.47. The molecule has 1 N–H and O–H groups in total. The summed E-state index contributed by atoms with van der Waals surface area (Å²) in [6, 6.07) is 15.5. The van der Waals surface area contributed by atoms with E-state index in [0.29, 0.717) is 6.61 Å². The van der Waals surface area contributed by atoms with E-state index in [1.807, 2.05) is 41.1 Å². The minimum atomic E-state index is -0.104. The summed E-state index contributed by atoms with van der Waals surface area (Å²) >= 11 is 0. The summed E-state index contributed by atoms with van der Waals surface area (Å²) in [5, 5.41) is 2.14. The number of H-pyrrole nitrogens is 1. The third-order valence-electron chi connectivity index (χ3n) is 4.15. The SMILES string of the molecule is O=c1ccc(-c2ccc(OCCn3ccnc3)c3ccccc23)c[nH]1. The molecule has 0 bridgehead atoms. The van der Waals surface area contributed by atoms with E-state index in [-0.39, 0.29) is 5.56 Å². The minimum Gasteiger partial charge on any atom is -0.491 e. The molecule has 0 fully saturated rings. The summed E-state index contributed by atoms with van der Waals surface area (Å²) in [6.07, 6.45) is 7.19. The van der Waals surface area contributed by atoms with Crippen molar-refractivity contribution in [2.45, 2.75) is 6.54 Å². The van der Waals surface area contributed by atoms with Gasteiger partial charge in [-0.25, -0.2) is 4.98 Å². The van der Waals surface area contributed by atoms with Crippen LogP contribution in [0.4, 0.5) is 0 Å². The van der Waals surface area contributed by atoms with Gasteiger partial charge in [-0.2, -0.15) is 0 Å². The number of nitrogens with one attached hydrogen (secondary N) is 1. The Kier molecular flexibility index (Phi) is 4.04. The molecule has 0 saturated heterocycles. The highest BCUT2D eigenvalue weighted by atomic mass is 16.5. The maximum Gasteiger partial charge on any atom is 0.247 e. The standard InChI is InChI=1S/C20H17N3O2/c24-20-8-5-15(13-22-20)16-6-7-19(18-4-2-1-3-17(16)18)25-12-11-23-10-9-21-14-23/h1-10,13-14H,11-12H2,(H,22,24). The summed E-state index contributed by atoms with van der Waals surface area (Å²) in [4.78, 5) is 18.1. The minimum absolute atomic E-state index is 0.104. The molecule has 0 radical (unpaired) electrons. The molecule has 25 heavy (non-hydrogen) atoms. The van der Waals surface area contributed by atoms with Gasteiger partial charge in [-0.15, -0.1) is 0 Å². The lowest BCUT2D eigenvalue weighted by molar-refractivity contribution is 0.301. The first kappa shape index (κ1) is 15.2. The van der Waals surface area contributed by atoms with Crippen molar-refractivity contribution in [2.24, 2.45) is 0 Å². The second kappa shape index (κ2) is 6.65. The van der Waals surface area contributed by atoms with Crippen molar-refractivity contribution in [1.29, 1.82) is 0 Å². The van der Waals surface area contributed by atoms with Gasteiger partial charge in [0.05, 0.1) is 12.9 Å². The van der Waals surface area contributed by atoms with E-state index in [9.17, 15) is 4.79 Å². The molecule has 2 aromatic carbocycles. The van der Waals surface area contributed by atoms with Gasteiger partial charge in [0.2, 0.25) is 5.56 Å². The highest BCUT2D eigenvalue weighted by Crippen LogP contribution is 2.33. The van der Waals surface area contributed by atoms with Gasteiger partial charge in [0.15, 0.2) is 0 Å². The number of aromatic nitrogens is 3. The third kappa shape index (κ3) is 3.17. The van der Waals surface area contributed by atoms with Gasteiger partial charge in [-0.1, -0.05) is 24.3 Å². The second-order valence-corrected chi connectivity index (χ2v) is 5.75. The number of pyridine rings is 1. The summed E-state index contributed by atoms with van der Waals surface area (Å²) in [7, 11) is 0. The van der Waals surface area contributed by atoms with E-state index >= 15 is 0 Å². The number of ether oxygens (including phenoxy) is 1. The second-order valence-electron chi connectivity index (χ2n) is 5.75. The summed E-state index contributed by atoms with van der Waals surface area (Å²) in [5.74, 6) is 0.851. The molecule has 2 aromatic heterocycles. The van der Waals surface area contributed by atoms with Gasteiger partial charge in [0.25, 0.3) is 0 Å². The zero-order chi connectivity index (χ0) is 17.1. The Labute approximate surface area is 144 Å². The van der Waals surface area contributed by atoms with Crippen molar-refractivity contribution in [2.75, 3.05) is 6.61 Å². The van der Waals surface area contributed by atoms with Crippen molar-refractivity contribution in [1.82, 2.24) is 14.5 Å². The number of rotatable bonds is 5. The quantitative estimate of drug-likeness (QED) is 0.609. The number of hydrogen-bond donors (Lipinski definition) is 1. The highest BCUT2D eigenvalue weighted by molar-refractivity contribution is 5.99. The van der Waals surface area contributed by atoms with Crippen LogP contribution in [0.15, 0.2) is 78.2 Å². The average molecular weight is 331 g/mol. The smallest absolute Gasteiger partial charge is 0.247 e. The van der Waals surface area contributed by atoms with Crippen LogP contribution in [0.5, 0.6) is 5.75 Å². The molecule has 4 rings (SSSR count). The fraction of sp³-hybridized carbons (Fsp3) is 0.100. The highest BCUT2D eigenvalue weighted by Gasteiger charge is 2.08. The van der Waals surface area contributed by atoms with Gasteiger partial charge < -0.3 is 14.3 Å². The zero-order valence-electron chi connectivity index (χ0n) is 13.6. The van der Waals surface area contributed by atoms with Crippen molar-refractivity contribution >= 4 is 10.8 Å². The summed E-state index contributed by atoms with van der Waals surface area (Å²) in [5.41, 5.74) is 1.93. The van der Waals surface area contributed by atoms with Crippen LogP contribution in [-0.4, -0.2) is 21.1 Å². The fourth-order valence-electron chi connectivity index (χ4n) is 2.91. The Morgan fingerprint density at radius 1 is 1.04 bits per heavy atom. The number of fused-ring (bicyclic) bond motifs is 1. The Balaban J connectivity index is 1.66. The van der Waals surface area contributed by atoms with E-state index in [0.717, 1.165) is 34.2 Å². The van der Waals surface area contributed by atoms with Gasteiger partial charge in [0, 0.05) is 30.0 Å². The monoisotopic (exact) mass is 331 g/mol. The van der Waals surface area contributed by atoms with Crippen molar-refractivity contribution < 1.29 is 4.74 Å². The van der Waals surface area contributed by atoms with E-state index in [1.165, 1.54) is 0 Å². The Morgan fingerprint density at radius 3 is 2.68 bits per heavy atom. The average Bonchev–Trinajstić information content (AvgIpc) is 3.16. The molecule has 0 unspecified atom stereocenters. The molecule has 5 heteroatoms. The largest absolute Gasteiger partial charge is 0.491 e. The van der Waals surface area contributed by atoms with Crippen LogP contribution in [-0.2, 0) is 6.54 Å². The first-order valence-corrected chi connectivity index (χ1v) is 8.11. The Morgan fingerprint density at radius 2 is 1.92 bits per heavy atom. The molecule has 0 atom stereocenters. The van der Waals surface area contributed by atoms with E-state index in [1.54, 1.807) is 24.8 Å². The maximum atomic E-state index is 11.3. The Hall–Kier alpha value is -3.34. The first-order chi connectivity index (χ1) is 12.3. The van der Waals surface area contributed by atoms with E-state index in [4.69, 9.17) is 4.74 Å². The molecular formula is C20H17N3O2. The van der Waals surface area contributed by atoms with Crippen LogP contribution < -0.4 is 10.3 Å². The van der Waals surface area contributed by atoms with Crippen molar-refractivity contribution in [3.8, 4) is 16.9 Å². The summed E-state index contributed by atoms with van der Waals surface area (Å²) < 4.78 is 7.98. The van der Waals surface area contributed by atoms with Crippen LogP contribution in [0.3, 0.4) is 0 Å². The summed E-state index contributed by atoms with van der Waals surface area (Å²) in [6.45, 7) is 1.31. The molecule has 0 aliphatic heterocycles.